The average molecular weight is 811 g/mol. The Balaban J connectivity index is 1.17. The molecular formula is C55H34N6S. The molecular weight excluding hydrogens is 777 g/mol. The summed E-state index contributed by atoms with van der Waals surface area (Å²) in [6.07, 6.45) is 0. The minimum atomic E-state index is 0.546. The van der Waals surface area contributed by atoms with Crippen molar-refractivity contribution in [3.05, 3.63) is 206 Å². The lowest BCUT2D eigenvalue weighted by Gasteiger charge is -2.16. The van der Waals surface area contributed by atoms with Gasteiger partial charge in [-0.2, -0.15) is 0 Å². The van der Waals surface area contributed by atoms with Gasteiger partial charge in [-0.1, -0.05) is 158 Å². The molecule has 0 atom stereocenters. The van der Waals surface area contributed by atoms with E-state index < -0.39 is 0 Å². The molecule has 12 aromatic rings. The largest absolute Gasteiger partial charge is 0.308 e. The molecule has 0 bridgehead atoms. The summed E-state index contributed by atoms with van der Waals surface area (Å²) in [6.45, 7) is 0. The molecule has 0 aliphatic carbocycles. The van der Waals surface area contributed by atoms with Crippen LogP contribution in [0.15, 0.2) is 206 Å². The molecule has 0 spiro atoms. The van der Waals surface area contributed by atoms with Crippen molar-refractivity contribution in [1.29, 1.82) is 0 Å². The summed E-state index contributed by atoms with van der Waals surface area (Å²) in [4.78, 5) is 26.2. The summed E-state index contributed by atoms with van der Waals surface area (Å²) in [5, 5.41) is 4.94. The Kier molecular flexibility index (Phi) is 8.57. The zero-order valence-electron chi connectivity index (χ0n) is 33.2. The molecule has 4 aromatic heterocycles. The van der Waals surface area contributed by atoms with Gasteiger partial charge in [0.1, 0.15) is 0 Å². The van der Waals surface area contributed by atoms with Crippen molar-refractivity contribution in [2.24, 2.45) is 0 Å². The molecule has 6 nitrogen and oxygen atoms in total. The summed E-state index contributed by atoms with van der Waals surface area (Å²) in [7, 11) is 0. The van der Waals surface area contributed by atoms with E-state index in [-0.39, 0.29) is 0 Å². The van der Waals surface area contributed by atoms with Crippen LogP contribution in [0.5, 0.6) is 0 Å². The Labute approximate surface area is 361 Å². The number of hydrogen-bond acceptors (Lipinski definition) is 6. The minimum absolute atomic E-state index is 0.546. The van der Waals surface area contributed by atoms with Crippen LogP contribution in [0.2, 0.25) is 0 Å². The zero-order valence-corrected chi connectivity index (χ0v) is 34.0. The van der Waals surface area contributed by atoms with Crippen molar-refractivity contribution in [1.82, 2.24) is 29.5 Å². The molecule has 4 heterocycles. The van der Waals surface area contributed by atoms with Gasteiger partial charge in [-0.15, -0.1) is 11.3 Å². The minimum Gasteiger partial charge on any atom is -0.308 e. The first-order chi connectivity index (χ1) is 30.7. The number of hydrogen-bond donors (Lipinski definition) is 0. The summed E-state index contributed by atoms with van der Waals surface area (Å²) in [5.41, 5.74) is 10.3. The van der Waals surface area contributed by atoms with Gasteiger partial charge in [-0.3, -0.25) is 0 Å². The summed E-state index contributed by atoms with van der Waals surface area (Å²) >= 11 is 1.84. The Morgan fingerprint density at radius 1 is 0.323 bits per heavy atom. The lowest BCUT2D eigenvalue weighted by molar-refractivity contribution is 1.06. The Bertz CT molecular complexity index is 3510. The number of benzene rings is 8. The van der Waals surface area contributed by atoms with Crippen molar-refractivity contribution >= 4 is 53.3 Å². The third kappa shape index (κ3) is 6.14. The lowest BCUT2D eigenvalue weighted by atomic mass is 10.0. The molecule has 0 unspecified atom stereocenters. The van der Waals surface area contributed by atoms with E-state index in [1.807, 2.05) is 108 Å². The maximum Gasteiger partial charge on any atom is 0.166 e. The van der Waals surface area contributed by atoms with E-state index in [0.29, 0.717) is 23.3 Å². The highest BCUT2D eigenvalue weighted by molar-refractivity contribution is 7.26. The number of aromatic nitrogens is 6. The SMILES string of the molecule is c1ccc(-c2cc(-c3ccccc3)nc(-c3ccc(-n4c5ccccc5c5c6c(ccc54)sc4ccccc46)c(-c4nc(-c5ccccc5)nc(-c5ccccc5)n4)c3)n2)cc1. The third-order valence-electron chi connectivity index (χ3n) is 11.5. The van der Waals surface area contributed by atoms with Gasteiger partial charge in [0.25, 0.3) is 0 Å². The molecule has 12 rings (SSSR count). The molecule has 0 saturated heterocycles. The molecule has 0 radical (unpaired) electrons. The fraction of sp³-hybridized carbons (Fsp3) is 0. The first-order valence-electron chi connectivity index (χ1n) is 20.6. The van der Waals surface area contributed by atoms with Crippen LogP contribution in [0, 0.1) is 0 Å². The average Bonchev–Trinajstić information content (AvgIpc) is 3.90. The molecule has 290 valence electrons. The molecule has 0 saturated carbocycles. The molecule has 8 aromatic carbocycles. The van der Waals surface area contributed by atoms with Gasteiger partial charge in [-0.25, -0.2) is 24.9 Å². The van der Waals surface area contributed by atoms with Crippen molar-refractivity contribution in [3.8, 4) is 73.8 Å². The number of nitrogens with zero attached hydrogens (tertiary/aromatic N) is 6. The van der Waals surface area contributed by atoms with Crippen LogP contribution in [-0.4, -0.2) is 29.5 Å². The van der Waals surface area contributed by atoms with Crippen LogP contribution in [0.4, 0.5) is 0 Å². The predicted molar refractivity (Wildman–Crippen MR) is 255 cm³/mol. The van der Waals surface area contributed by atoms with Crippen molar-refractivity contribution < 1.29 is 0 Å². The Hall–Kier alpha value is -8.13. The van der Waals surface area contributed by atoms with Crippen LogP contribution in [-0.2, 0) is 0 Å². The fourth-order valence-corrected chi connectivity index (χ4v) is 9.72. The maximum atomic E-state index is 5.30. The standard InChI is InChI=1S/C55H34N6S/c1-5-17-35(18-6-1)43-34-44(36-19-7-2-8-20-36)57-54(56-43)39-29-30-46(42(33-39)55-59-52(37-21-9-3-10-22-37)58-53(60-55)38-23-11-4-12-24-38)61-45-27-15-13-25-40(45)50-47(61)31-32-49-51(50)41-26-14-16-28-48(41)62-49/h1-34H. The van der Waals surface area contributed by atoms with Crippen molar-refractivity contribution in [2.75, 3.05) is 0 Å². The first-order valence-corrected chi connectivity index (χ1v) is 21.4. The smallest absolute Gasteiger partial charge is 0.166 e. The van der Waals surface area contributed by atoms with E-state index in [9.17, 15) is 0 Å². The predicted octanol–water partition coefficient (Wildman–Crippen LogP) is 14.1. The Morgan fingerprint density at radius 3 is 1.47 bits per heavy atom. The summed E-state index contributed by atoms with van der Waals surface area (Å²) < 4.78 is 4.91. The monoisotopic (exact) mass is 810 g/mol. The highest BCUT2D eigenvalue weighted by Gasteiger charge is 2.23. The van der Waals surface area contributed by atoms with E-state index in [1.165, 1.54) is 30.9 Å². The summed E-state index contributed by atoms with van der Waals surface area (Å²) in [5.74, 6) is 2.33. The van der Waals surface area contributed by atoms with E-state index in [0.717, 1.165) is 61.5 Å². The van der Waals surface area contributed by atoms with Gasteiger partial charge in [0.05, 0.1) is 28.1 Å². The molecule has 0 N–H and O–H groups in total. The highest BCUT2D eigenvalue weighted by atomic mass is 32.1. The second-order valence-corrected chi connectivity index (χ2v) is 16.3. The van der Waals surface area contributed by atoms with Gasteiger partial charge < -0.3 is 4.57 Å². The van der Waals surface area contributed by atoms with Crippen LogP contribution in [0.3, 0.4) is 0 Å². The Morgan fingerprint density at radius 2 is 0.839 bits per heavy atom. The van der Waals surface area contributed by atoms with Crippen LogP contribution in [0.1, 0.15) is 0 Å². The third-order valence-corrected chi connectivity index (χ3v) is 12.6. The number of fused-ring (bicyclic) bond motifs is 7. The fourth-order valence-electron chi connectivity index (χ4n) is 8.60. The van der Waals surface area contributed by atoms with Gasteiger partial charge >= 0.3 is 0 Å². The van der Waals surface area contributed by atoms with Gasteiger partial charge in [0, 0.05) is 64.3 Å². The maximum absolute atomic E-state index is 5.30. The zero-order chi connectivity index (χ0) is 41.0. The van der Waals surface area contributed by atoms with Gasteiger partial charge in [0.15, 0.2) is 23.3 Å². The quantitative estimate of drug-likeness (QED) is 0.160. The van der Waals surface area contributed by atoms with E-state index in [4.69, 9.17) is 24.9 Å². The normalized spacial score (nSPS) is 11.5. The van der Waals surface area contributed by atoms with E-state index in [1.54, 1.807) is 0 Å². The van der Waals surface area contributed by atoms with Gasteiger partial charge in [-0.05, 0) is 48.5 Å². The lowest BCUT2D eigenvalue weighted by Crippen LogP contribution is -2.04. The van der Waals surface area contributed by atoms with Gasteiger partial charge in [0.2, 0.25) is 0 Å². The molecule has 0 amide bonds. The topological polar surface area (TPSA) is 69.4 Å². The van der Waals surface area contributed by atoms with Crippen molar-refractivity contribution in [2.45, 2.75) is 0 Å². The molecule has 0 aliphatic rings. The summed E-state index contributed by atoms with van der Waals surface area (Å²) in [6, 6.07) is 71.3. The second-order valence-electron chi connectivity index (χ2n) is 15.2. The van der Waals surface area contributed by atoms with Crippen molar-refractivity contribution in [3.63, 3.8) is 0 Å². The van der Waals surface area contributed by atoms with E-state index in [2.05, 4.69) is 114 Å². The van der Waals surface area contributed by atoms with Crippen LogP contribution < -0.4 is 0 Å². The highest BCUT2D eigenvalue weighted by Crippen LogP contribution is 2.45. The number of rotatable bonds is 7. The number of para-hydroxylation sites is 1. The van der Waals surface area contributed by atoms with Crippen LogP contribution >= 0.6 is 11.3 Å². The molecule has 7 heteroatoms. The van der Waals surface area contributed by atoms with E-state index >= 15 is 0 Å². The molecule has 62 heavy (non-hydrogen) atoms. The second kappa shape index (κ2) is 14.9. The van der Waals surface area contributed by atoms with Crippen LogP contribution in [0.25, 0.3) is 116 Å². The molecule has 0 fully saturated rings. The molecule has 0 aliphatic heterocycles. The number of thiophene rings is 1. The first kappa shape index (κ1) is 35.8.